The van der Waals surface area contributed by atoms with Crippen LogP contribution in [0.1, 0.15) is 32.8 Å². The van der Waals surface area contributed by atoms with Gasteiger partial charge in [0.2, 0.25) is 0 Å². The minimum Gasteiger partial charge on any atom is -0.461 e. The van der Waals surface area contributed by atoms with E-state index in [0.29, 0.717) is 19.2 Å². The van der Waals surface area contributed by atoms with Gasteiger partial charge in [0.15, 0.2) is 11.6 Å². The molecule has 0 bridgehead atoms. The van der Waals surface area contributed by atoms with E-state index in [0.717, 1.165) is 49.0 Å². The predicted octanol–water partition coefficient (Wildman–Crippen LogP) is 1.99. The number of piperazine rings is 1. The molecular formula is C20H28N4O3S. The van der Waals surface area contributed by atoms with Gasteiger partial charge < -0.3 is 24.0 Å². The van der Waals surface area contributed by atoms with Gasteiger partial charge in [-0.3, -0.25) is 0 Å². The zero-order chi connectivity index (χ0) is 19.7. The molecule has 4 heterocycles. The average molecular weight is 405 g/mol. The zero-order valence-electron chi connectivity index (χ0n) is 17.0. The van der Waals surface area contributed by atoms with E-state index in [1.165, 1.54) is 0 Å². The van der Waals surface area contributed by atoms with Crippen LogP contribution in [0.4, 0.5) is 5.82 Å². The molecule has 7 nitrogen and oxygen atoms in total. The fraction of sp³-hybridized carbons (Fsp3) is 0.700. The lowest BCUT2D eigenvalue weighted by molar-refractivity contribution is -0.141. The maximum absolute atomic E-state index is 5.95. The van der Waals surface area contributed by atoms with Gasteiger partial charge in [-0.05, 0) is 27.3 Å². The van der Waals surface area contributed by atoms with Gasteiger partial charge in [0.25, 0.3) is 0 Å². The summed E-state index contributed by atoms with van der Waals surface area (Å²) in [5, 5.41) is 1.19. The molecule has 0 aliphatic carbocycles. The number of rotatable bonds is 5. The van der Waals surface area contributed by atoms with E-state index >= 15 is 0 Å². The van der Waals surface area contributed by atoms with Crippen molar-refractivity contribution in [3.05, 3.63) is 5.56 Å². The van der Waals surface area contributed by atoms with E-state index in [-0.39, 0.29) is 11.4 Å². The number of ether oxygens (including phenoxy) is 3. The molecule has 8 heteroatoms. The normalized spacial score (nSPS) is 26.5. The first kappa shape index (κ1) is 19.8. The number of fused-ring (bicyclic) bond motifs is 1. The Labute approximate surface area is 171 Å². The van der Waals surface area contributed by atoms with Gasteiger partial charge in [-0.15, -0.1) is 0 Å². The molecule has 0 saturated carbocycles. The predicted molar refractivity (Wildman–Crippen MR) is 109 cm³/mol. The first-order chi connectivity index (χ1) is 13.4. The molecule has 0 amide bonds. The molecule has 152 valence electrons. The van der Waals surface area contributed by atoms with Crippen LogP contribution in [0, 0.1) is 11.8 Å². The molecule has 3 aliphatic rings. The van der Waals surface area contributed by atoms with Crippen molar-refractivity contribution in [2.45, 2.75) is 49.4 Å². The highest BCUT2D eigenvalue weighted by molar-refractivity contribution is 8.00. The van der Waals surface area contributed by atoms with Gasteiger partial charge in [-0.25, -0.2) is 0 Å². The van der Waals surface area contributed by atoms with Crippen LogP contribution in [0.3, 0.4) is 0 Å². The molecule has 0 spiro atoms. The highest BCUT2D eigenvalue weighted by Crippen LogP contribution is 2.35. The third kappa shape index (κ3) is 4.38. The summed E-state index contributed by atoms with van der Waals surface area (Å²) in [6, 6.07) is 0.395. The van der Waals surface area contributed by atoms with E-state index in [1.807, 2.05) is 13.8 Å². The van der Waals surface area contributed by atoms with Crippen molar-refractivity contribution in [3.8, 4) is 17.9 Å². The van der Waals surface area contributed by atoms with E-state index in [9.17, 15) is 0 Å². The number of hydrogen-bond acceptors (Lipinski definition) is 8. The second kappa shape index (κ2) is 8.07. The molecule has 2 saturated heterocycles. The summed E-state index contributed by atoms with van der Waals surface area (Å²) in [6.07, 6.45) is 0.876. The Morgan fingerprint density at radius 3 is 2.71 bits per heavy atom. The first-order valence-corrected chi connectivity index (χ1v) is 10.8. The molecule has 1 aromatic heterocycles. The van der Waals surface area contributed by atoms with Gasteiger partial charge in [0.05, 0.1) is 17.4 Å². The first-order valence-electron chi connectivity index (χ1n) is 9.92. The van der Waals surface area contributed by atoms with Crippen LogP contribution < -0.4 is 9.64 Å². The van der Waals surface area contributed by atoms with Crippen molar-refractivity contribution in [1.29, 1.82) is 0 Å². The molecule has 2 fully saturated rings. The average Bonchev–Trinajstić information content (AvgIpc) is 3.04. The maximum atomic E-state index is 5.95. The topological polar surface area (TPSA) is 60.0 Å². The lowest BCUT2D eigenvalue weighted by Crippen LogP contribution is -2.45. The van der Waals surface area contributed by atoms with Crippen LogP contribution in [-0.2, 0) is 9.47 Å². The summed E-state index contributed by atoms with van der Waals surface area (Å²) in [7, 11) is 2.15. The summed E-state index contributed by atoms with van der Waals surface area (Å²) in [5.74, 6) is 7.00. The Morgan fingerprint density at radius 2 is 2.04 bits per heavy atom. The largest absolute Gasteiger partial charge is 0.461 e. The number of anilines is 1. The molecule has 4 rings (SSSR count). The van der Waals surface area contributed by atoms with Crippen LogP contribution in [0.5, 0.6) is 6.01 Å². The lowest BCUT2D eigenvalue weighted by Gasteiger charge is -2.34. The molecule has 0 radical (unpaired) electrons. The molecule has 3 aliphatic heterocycles. The number of hydrogen-bond donors (Lipinski definition) is 0. The molecule has 28 heavy (non-hydrogen) atoms. The van der Waals surface area contributed by atoms with Crippen molar-refractivity contribution in [1.82, 2.24) is 14.9 Å². The summed E-state index contributed by atoms with van der Waals surface area (Å²) >= 11 is 1.71. The van der Waals surface area contributed by atoms with Crippen molar-refractivity contribution >= 4 is 17.6 Å². The SMILES string of the molecule is CCC1C#Cc2c(nc(OC[C@H]3COC(C)(C)O3)nc2N2CCN(C)CC2)S1. The fourth-order valence-electron chi connectivity index (χ4n) is 3.43. The molecular weight excluding hydrogens is 376 g/mol. The Kier molecular flexibility index (Phi) is 5.70. The summed E-state index contributed by atoms with van der Waals surface area (Å²) < 4.78 is 17.4. The Balaban J connectivity index is 1.56. The van der Waals surface area contributed by atoms with Gasteiger partial charge >= 0.3 is 6.01 Å². The molecule has 2 atom stereocenters. The third-order valence-corrected chi connectivity index (χ3v) is 6.34. The van der Waals surface area contributed by atoms with Crippen LogP contribution >= 0.6 is 11.8 Å². The number of likely N-dealkylation sites (N-methyl/N-ethyl adjacent to an activating group) is 1. The standard InChI is InChI=1S/C20H28N4O3S/c1-5-15-6-7-16-17(24-10-8-23(4)9-11-24)21-19(22-18(16)28-15)25-12-14-13-26-20(2,3)27-14/h14-15H,5,8-13H2,1-4H3/t14-,15?/m0/s1. The van der Waals surface area contributed by atoms with Crippen LogP contribution in [0.2, 0.25) is 0 Å². The monoisotopic (exact) mass is 404 g/mol. The summed E-state index contributed by atoms with van der Waals surface area (Å²) in [6.45, 7) is 10.7. The highest BCUT2D eigenvalue weighted by Gasteiger charge is 2.33. The third-order valence-electron chi connectivity index (χ3n) is 5.09. The van der Waals surface area contributed by atoms with E-state index < -0.39 is 5.79 Å². The second-order valence-corrected chi connectivity index (χ2v) is 9.04. The number of aromatic nitrogens is 2. The van der Waals surface area contributed by atoms with Crippen LogP contribution in [0.25, 0.3) is 0 Å². The van der Waals surface area contributed by atoms with Gasteiger partial charge in [0, 0.05) is 26.2 Å². The lowest BCUT2D eigenvalue weighted by atomic mass is 10.2. The molecule has 1 aromatic rings. The molecule has 0 aromatic carbocycles. The Bertz CT molecular complexity index is 784. The van der Waals surface area contributed by atoms with Crippen molar-refractivity contribution in [2.24, 2.45) is 0 Å². The maximum Gasteiger partial charge on any atom is 0.319 e. The molecule has 0 N–H and O–H groups in total. The van der Waals surface area contributed by atoms with Crippen molar-refractivity contribution in [2.75, 3.05) is 51.3 Å². The van der Waals surface area contributed by atoms with Gasteiger partial charge in [-0.2, -0.15) is 9.97 Å². The van der Waals surface area contributed by atoms with Crippen LogP contribution in [-0.4, -0.2) is 78.4 Å². The molecule has 1 unspecified atom stereocenters. The van der Waals surface area contributed by atoms with Crippen molar-refractivity contribution < 1.29 is 14.2 Å². The highest BCUT2D eigenvalue weighted by atomic mass is 32.2. The Hall–Kier alpha value is -1.53. The fourth-order valence-corrected chi connectivity index (χ4v) is 4.38. The number of thioether (sulfide) groups is 1. The van der Waals surface area contributed by atoms with E-state index in [2.05, 4.69) is 40.6 Å². The Morgan fingerprint density at radius 1 is 1.25 bits per heavy atom. The van der Waals surface area contributed by atoms with Crippen LogP contribution in [0.15, 0.2) is 5.03 Å². The van der Waals surface area contributed by atoms with E-state index in [1.54, 1.807) is 11.8 Å². The van der Waals surface area contributed by atoms with Crippen molar-refractivity contribution in [3.63, 3.8) is 0 Å². The minimum absolute atomic E-state index is 0.113. The van der Waals surface area contributed by atoms with Gasteiger partial charge in [0.1, 0.15) is 17.7 Å². The van der Waals surface area contributed by atoms with E-state index in [4.69, 9.17) is 19.2 Å². The smallest absolute Gasteiger partial charge is 0.319 e. The van der Waals surface area contributed by atoms with Gasteiger partial charge in [-0.1, -0.05) is 30.5 Å². The summed E-state index contributed by atoms with van der Waals surface area (Å²) in [5.41, 5.74) is 0.938. The number of nitrogens with zero attached hydrogens (tertiary/aromatic N) is 4. The zero-order valence-corrected chi connectivity index (χ0v) is 17.8. The summed E-state index contributed by atoms with van der Waals surface area (Å²) in [4.78, 5) is 14.0. The minimum atomic E-state index is -0.560. The quantitative estimate of drug-likeness (QED) is 0.546. The second-order valence-electron chi connectivity index (χ2n) is 7.85.